The van der Waals surface area contributed by atoms with Crippen molar-refractivity contribution in [1.82, 2.24) is 0 Å². The van der Waals surface area contributed by atoms with Crippen molar-refractivity contribution in [2.24, 2.45) is 17.8 Å². The van der Waals surface area contributed by atoms with Gasteiger partial charge in [-0.1, -0.05) is 57.5 Å². The molecular formula is C22H28O3S. The maximum atomic E-state index is 12.9. The molecule has 1 aliphatic heterocycles. The fourth-order valence-electron chi connectivity index (χ4n) is 3.61. The number of rotatable bonds is 5. The highest BCUT2D eigenvalue weighted by atomic mass is 32.1. The van der Waals surface area contributed by atoms with Crippen molar-refractivity contribution >= 4 is 17.1 Å². The average Bonchev–Trinajstić information content (AvgIpc) is 3.10. The van der Waals surface area contributed by atoms with E-state index in [4.69, 9.17) is 9.47 Å². The molecule has 0 bridgehead atoms. The Morgan fingerprint density at radius 1 is 1.08 bits per heavy atom. The first-order valence-corrected chi connectivity index (χ1v) is 10.3. The number of carbonyl (C=O) groups is 1. The smallest absolute Gasteiger partial charge is 0.206 e. The molecule has 5 atom stereocenters. The third-order valence-electron chi connectivity index (χ3n) is 5.78. The van der Waals surface area contributed by atoms with Crippen molar-refractivity contribution < 1.29 is 14.3 Å². The topological polar surface area (TPSA) is 35.5 Å². The van der Waals surface area contributed by atoms with Crippen LogP contribution in [0.3, 0.4) is 0 Å². The molecule has 5 unspecified atom stereocenters. The summed E-state index contributed by atoms with van der Waals surface area (Å²) >= 11 is 1.42. The Balaban J connectivity index is 1.80. The molecule has 4 heteroatoms. The normalized spacial score (nSPS) is 28.7. The number of hydrogen-bond acceptors (Lipinski definition) is 4. The number of ether oxygens (including phenoxy) is 2. The fourth-order valence-corrected chi connectivity index (χ4v) is 4.39. The minimum atomic E-state index is -0.315. The van der Waals surface area contributed by atoms with Crippen molar-refractivity contribution in [3.05, 3.63) is 51.7 Å². The maximum absolute atomic E-state index is 12.9. The SMILES string of the molecule is CCC1OC(Oc2ccsc2C(=O)c2ccc(C)cc2)C(C)C(C)C1C. The predicted molar refractivity (Wildman–Crippen MR) is 106 cm³/mol. The summed E-state index contributed by atoms with van der Waals surface area (Å²) in [6.45, 7) is 10.9. The first-order valence-electron chi connectivity index (χ1n) is 9.43. The van der Waals surface area contributed by atoms with E-state index in [1.165, 1.54) is 11.3 Å². The summed E-state index contributed by atoms with van der Waals surface area (Å²) in [7, 11) is 0. The predicted octanol–water partition coefficient (Wildman–Crippen LogP) is 5.71. The molecule has 0 saturated carbocycles. The summed E-state index contributed by atoms with van der Waals surface area (Å²) in [5.74, 6) is 1.93. The lowest BCUT2D eigenvalue weighted by Gasteiger charge is -2.43. The Bertz CT molecular complexity index is 747. The van der Waals surface area contributed by atoms with Gasteiger partial charge < -0.3 is 9.47 Å². The number of ketones is 1. The first kappa shape index (κ1) is 19.1. The third-order valence-corrected chi connectivity index (χ3v) is 6.67. The van der Waals surface area contributed by atoms with Gasteiger partial charge in [-0.05, 0) is 36.6 Å². The van der Waals surface area contributed by atoms with Crippen LogP contribution in [0.4, 0.5) is 0 Å². The molecule has 1 aliphatic rings. The quantitative estimate of drug-likeness (QED) is 0.631. The van der Waals surface area contributed by atoms with Crippen LogP contribution < -0.4 is 4.74 Å². The zero-order valence-electron chi connectivity index (χ0n) is 16.2. The zero-order valence-corrected chi connectivity index (χ0v) is 17.0. The van der Waals surface area contributed by atoms with Crippen LogP contribution in [0.25, 0.3) is 0 Å². The lowest BCUT2D eigenvalue weighted by molar-refractivity contribution is -0.211. The molecule has 0 radical (unpaired) electrons. The fraction of sp³-hybridized carbons (Fsp3) is 0.500. The van der Waals surface area contributed by atoms with Crippen LogP contribution in [-0.2, 0) is 4.74 Å². The van der Waals surface area contributed by atoms with E-state index < -0.39 is 0 Å². The van der Waals surface area contributed by atoms with Gasteiger partial charge in [0.2, 0.25) is 12.1 Å². The molecule has 2 heterocycles. The largest absolute Gasteiger partial charge is 0.463 e. The second-order valence-electron chi connectivity index (χ2n) is 7.46. The Hall–Kier alpha value is -1.65. The molecule has 1 aromatic carbocycles. The van der Waals surface area contributed by atoms with Gasteiger partial charge in [0.15, 0.2) is 0 Å². The highest BCUT2D eigenvalue weighted by Crippen LogP contribution is 2.38. The Morgan fingerprint density at radius 3 is 2.42 bits per heavy atom. The first-order chi connectivity index (χ1) is 12.4. The Morgan fingerprint density at radius 2 is 1.77 bits per heavy atom. The molecule has 140 valence electrons. The highest BCUT2D eigenvalue weighted by molar-refractivity contribution is 7.12. The molecular weight excluding hydrogens is 344 g/mol. The van der Waals surface area contributed by atoms with Crippen LogP contribution in [0, 0.1) is 24.7 Å². The van der Waals surface area contributed by atoms with E-state index >= 15 is 0 Å². The van der Waals surface area contributed by atoms with E-state index in [9.17, 15) is 4.79 Å². The Kier molecular flexibility index (Phi) is 5.83. The molecule has 0 aliphatic carbocycles. The molecule has 26 heavy (non-hydrogen) atoms. The Labute approximate surface area is 160 Å². The molecule has 1 aromatic heterocycles. The van der Waals surface area contributed by atoms with Gasteiger partial charge in [0.25, 0.3) is 0 Å². The standard InChI is InChI=1S/C22H28O3S/c1-6-18-15(4)14(3)16(5)22(24-18)25-19-11-12-26-21(19)20(23)17-9-7-13(2)8-10-17/h7-12,14-16,18,22H,6H2,1-5H3. The van der Waals surface area contributed by atoms with Gasteiger partial charge >= 0.3 is 0 Å². The van der Waals surface area contributed by atoms with Crippen molar-refractivity contribution in [2.75, 3.05) is 0 Å². The lowest BCUT2D eigenvalue weighted by atomic mass is 9.78. The van der Waals surface area contributed by atoms with Gasteiger partial charge in [-0.3, -0.25) is 4.79 Å². The van der Waals surface area contributed by atoms with Crippen LogP contribution in [0.5, 0.6) is 5.75 Å². The van der Waals surface area contributed by atoms with Crippen molar-refractivity contribution in [1.29, 1.82) is 0 Å². The van der Waals surface area contributed by atoms with E-state index in [-0.39, 0.29) is 24.1 Å². The molecule has 3 rings (SSSR count). The second kappa shape index (κ2) is 7.93. The zero-order chi connectivity index (χ0) is 18.8. The molecule has 0 spiro atoms. The van der Waals surface area contributed by atoms with E-state index in [2.05, 4.69) is 27.7 Å². The molecule has 1 saturated heterocycles. The van der Waals surface area contributed by atoms with Crippen molar-refractivity contribution in [2.45, 2.75) is 53.4 Å². The minimum Gasteiger partial charge on any atom is -0.463 e. The number of aryl methyl sites for hydroxylation is 1. The van der Waals surface area contributed by atoms with Crippen molar-refractivity contribution in [3.8, 4) is 5.75 Å². The van der Waals surface area contributed by atoms with Crippen molar-refractivity contribution in [3.63, 3.8) is 0 Å². The van der Waals surface area contributed by atoms with Crippen LogP contribution in [0.1, 0.15) is 54.9 Å². The van der Waals surface area contributed by atoms with Crippen LogP contribution in [0.2, 0.25) is 0 Å². The van der Waals surface area contributed by atoms with Crippen LogP contribution >= 0.6 is 11.3 Å². The van der Waals surface area contributed by atoms with E-state index in [0.29, 0.717) is 28.0 Å². The van der Waals surface area contributed by atoms with Gasteiger partial charge in [-0.15, -0.1) is 11.3 Å². The van der Waals surface area contributed by atoms with Gasteiger partial charge in [0.05, 0.1) is 6.10 Å². The molecule has 0 N–H and O–H groups in total. The maximum Gasteiger partial charge on any atom is 0.206 e. The minimum absolute atomic E-state index is 0.00641. The number of hydrogen-bond donors (Lipinski definition) is 0. The monoisotopic (exact) mass is 372 g/mol. The van der Waals surface area contributed by atoms with E-state index in [0.717, 1.165) is 12.0 Å². The van der Waals surface area contributed by atoms with Gasteiger partial charge in [-0.2, -0.15) is 0 Å². The summed E-state index contributed by atoms with van der Waals surface area (Å²) in [6, 6.07) is 9.55. The average molecular weight is 373 g/mol. The molecule has 1 fully saturated rings. The number of carbonyl (C=O) groups excluding carboxylic acids is 1. The molecule has 0 amide bonds. The molecule has 3 nitrogen and oxygen atoms in total. The second-order valence-corrected chi connectivity index (χ2v) is 8.37. The summed E-state index contributed by atoms with van der Waals surface area (Å²) < 4.78 is 12.5. The summed E-state index contributed by atoms with van der Waals surface area (Å²) in [5, 5.41) is 1.91. The summed E-state index contributed by atoms with van der Waals surface area (Å²) in [5.41, 5.74) is 1.83. The van der Waals surface area contributed by atoms with Gasteiger partial charge in [0, 0.05) is 11.5 Å². The number of thiophene rings is 1. The van der Waals surface area contributed by atoms with E-state index in [1.54, 1.807) is 0 Å². The third kappa shape index (κ3) is 3.72. The van der Waals surface area contributed by atoms with Gasteiger partial charge in [-0.25, -0.2) is 0 Å². The summed E-state index contributed by atoms with van der Waals surface area (Å²) in [4.78, 5) is 13.5. The number of benzene rings is 1. The van der Waals surface area contributed by atoms with Crippen LogP contribution in [-0.4, -0.2) is 18.2 Å². The lowest BCUT2D eigenvalue weighted by Crippen LogP contribution is -2.47. The van der Waals surface area contributed by atoms with Gasteiger partial charge in [0.1, 0.15) is 10.6 Å². The van der Waals surface area contributed by atoms with E-state index in [1.807, 2.05) is 42.6 Å². The van der Waals surface area contributed by atoms with Crippen LogP contribution in [0.15, 0.2) is 35.7 Å². The molecule has 2 aromatic rings. The highest BCUT2D eigenvalue weighted by Gasteiger charge is 2.40. The summed E-state index contributed by atoms with van der Waals surface area (Å²) in [6.07, 6.45) is 0.850.